The molecule has 0 unspecified atom stereocenters. The summed E-state index contributed by atoms with van der Waals surface area (Å²) in [6, 6.07) is 10.6. The van der Waals surface area contributed by atoms with E-state index >= 15 is 0 Å². The van der Waals surface area contributed by atoms with Gasteiger partial charge in [0.2, 0.25) is 5.91 Å². The topological polar surface area (TPSA) is 55.1 Å². The number of benzene rings is 1. The molecule has 0 spiro atoms. The number of carbonyl (C=O) groups is 1. The van der Waals surface area contributed by atoms with Crippen LogP contribution in [-0.2, 0) is 10.2 Å². The maximum atomic E-state index is 12.0. The van der Waals surface area contributed by atoms with E-state index in [1.165, 1.54) is 18.4 Å². The molecule has 20 heavy (non-hydrogen) atoms. The number of hydrogen-bond donors (Lipinski definition) is 2. The lowest BCUT2D eigenvalue weighted by Crippen LogP contribution is -2.47. The van der Waals surface area contributed by atoms with E-state index < -0.39 is 5.54 Å². The van der Waals surface area contributed by atoms with E-state index in [-0.39, 0.29) is 23.7 Å². The van der Waals surface area contributed by atoms with Gasteiger partial charge in [0.05, 0.1) is 5.54 Å². The van der Waals surface area contributed by atoms with Gasteiger partial charge in [0.25, 0.3) is 0 Å². The number of rotatable bonds is 4. The summed E-state index contributed by atoms with van der Waals surface area (Å²) in [7, 11) is 0. The molecule has 0 heterocycles. The number of amides is 1. The molecular formula is C16H23ClN2O. The molecule has 110 valence electrons. The molecule has 2 aliphatic rings. The van der Waals surface area contributed by atoms with Gasteiger partial charge >= 0.3 is 0 Å². The van der Waals surface area contributed by atoms with Crippen molar-refractivity contribution < 1.29 is 4.79 Å². The summed E-state index contributed by atoms with van der Waals surface area (Å²) >= 11 is 0. The van der Waals surface area contributed by atoms with E-state index in [0.717, 1.165) is 32.2 Å². The molecule has 2 fully saturated rings. The summed E-state index contributed by atoms with van der Waals surface area (Å²) in [5.41, 5.74) is 6.87. The zero-order valence-electron chi connectivity index (χ0n) is 11.7. The second kappa shape index (κ2) is 5.74. The molecule has 3 nitrogen and oxygen atoms in total. The number of carbonyl (C=O) groups excluding carboxylic acids is 1. The van der Waals surface area contributed by atoms with Crippen molar-refractivity contribution in [3.8, 4) is 0 Å². The summed E-state index contributed by atoms with van der Waals surface area (Å²) in [6.45, 7) is 0.731. The average molecular weight is 295 g/mol. The van der Waals surface area contributed by atoms with E-state index in [1.807, 2.05) is 6.07 Å². The van der Waals surface area contributed by atoms with Crippen LogP contribution in [0.2, 0.25) is 0 Å². The van der Waals surface area contributed by atoms with Crippen LogP contribution in [0.15, 0.2) is 30.3 Å². The highest BCUT2D eigenvalue weighted by atomic mass is 35.5. The van der Waals surface area contributed by atoms with Crippen molar-refractivity contribution in [2.75, 3.05) is 6.54 Å². The van der Waals surface area contributed by atoms with Crippen LogP contribution in [-0.4, -0.2) is 18.0 Å². The Morgan fingerprint density at radius 2 is 1.70 bits per heavy atom. The van der Waals surface area contributed by atoms with Crippen molar-refractivity contribution in [2.45, 2.75) is 49.5 Å². The van der Waals surface area contributed by atoms with Gasteiger partial charge in [0.1, 0.15) is 0 Å². The Morgan fingerprint density at radius 1 is 1.10 bits per heavy atom. The molecule has 4 heteroatoms. The van der Waals surface area contributed by atoms with Crippen LogP contribution >= 0.6 is 12.4 Å². The first-order valence-corrected chi connectivity index (χ1v) is 7.27. The lowest BCUT2D eigenvalue weighted by molar-refractivity contribution is -0.123. The Morgan fingerprint density at radius 3 is 2.25 bits per heavy atom. The van der Waals surface area contributed by atoms with Gasteiger partial charge in [-0.3, -0.25) is 4.79 Å². The lowest BCUT2D eigenvalue weighted by atomic mass is 9.79. The second-order valence-corrected chi connectivity index (χ2v) is 6.19. The maximum Gasteiger partial charge on any atom is 0.240 e. The van der Waals surface area contributed by atoms with Gasteiger partial charge < -0.3 is 11.1 Å². The smallest absolute Gasteiger partial charge is 0.240 e. The highest BCUT2D eigenvalue weighted by molar-refractivity contribution is 5.89. The highest BCUT2D eigenvalue weighted by Gasteiger charge is 2.46. The molecule has 0 radical (unpaired) electrons. The Labute approximate surface area is 126 Å². The van der Waals surface area contributed by atoms with Crippen molar-refractivity contribution in [3.05, 3.63) is 35.9 Å². The molecule has 0 aliphatic heterocycles. The molecule has 0 saturated heterocycles. The third-order valence-electron chi connectivity index (χ3n) is 4.78. The van der Waals surface area contributed by atoms with Gasteiger partial charge in [-0.1, -0.05) is 43.2 Å². The van der Waals surface area contributed by atoms with Crippen molar-refractivity contribution in [2.24, 2.45) is 5.73 Å². The lowest BCUT2D eigenvalue weighted by Gasteiger charge is -2.30. The molecule has 0 bridgehead atoms. The minimum Gasteiger partial charge on any atom is -0.354 e. The third kappa shape index (κ3) is 2.84. The molecule has 1 amide bonds. The minimum absolute atomic E-state index is 0. The van der Waals surface area contributed by atoms with Gasteiger partial charge in [0, 0.05) is 12.0 Å². The second-order valence-electron chi connectivity index (χ2n) is 6.19. The fourth-order valence-electron chi connectivity index (χ4n) is 3.20. The Hall–Kier alpha value is -1.06. The highest BCUT2D eigenvalue weighted by Crippen LogP contribution is 2.41. The van der Waals surface area contributed by atoms with Gasteiger partial charge in [-0.05, 0) is 31.2 Å². The molecule has 1 aromatic rings. The average Bonchev–Trinajstić information content (AvgIpc) is 3.03. The van der Waals surface area contributed by atoms with E-state index in [4.69, 9.17) is 5.73 Å². The zero-order valence-corrected chi connectivity index (χ0v) is 12.5. The van der Waals surface area contributed by atoms with Gasteiger partial charge in [0.15, 0.2) is 0 Å². The van der Waals surface area contributed by atoms with Crippen LogP contribution < -0.4 is 11.1 Å². The standard InChI is InChI=1S/C16H22N2O.ClH/c17-16(10-11-16)14(19)18-12-15(8-4-5-9-15)13-6-2-1-3-7-13;/h1-3,6-7H,4-5,8-12,17H2,(H,18,19);1H. The van der Waals surface area contributed by atoms with Crippen LogP contribution in [0.1, 0.15) is 44.1 Å². The van der Waals surface area contributed by atoms with Crippen LogP contribution in [0, 0.1) is 0 Å². The summed E-state index contributed by atoms with van der Waals surface area (Å²) in [6.07, 6.45) is 6.48. The molecule has 3 N–H and O–H groups in total. The quantitative estimate of drug-likeness (QED) is 0.896. The fraction of sp³-hybridized carbons (Fsp3) is 0.562. The first-order chi connectivity index (χ1) is 9.15. The van der Waals surface area contributed by atoms with Crippen molar-refractivity contribution in [1.29, 1.82) is 0 Å². The Kier molecular flexibility index (Phi) is 4.40. The van der Waals surface area contributed by atoms with Gasteiger partial charge in [-0.25, -0.2) is 0 Å². The zero-order chi connectivity index (χ0) is 13.3. The number of hydrogen-bond acceptors (Lipinski definition) is 2. The van der Waals surface area contributed by atoms with E-state index in [2.05, 4.69) is 29.6 Å². The summed E-state index contributed by atoms with van der Waals surface area (Å²) in [4.78, 5) is 12.0. The van der Waals surface area contributed by atoms with E-state index in [1.54, 1.807) is 0 Å². The van der Waals surface area contributed by atoms with Crippen LogP contribution in [0.3, 0.4) is 0 Å². The Balaban J connectivity index is 0.00000147. The van der Waals surface area contributed by atoms with Crippen molar-refractivity contribution >= 4 is 18.3 Å². The summed E-state index contributed by atoms with van der Waals surface area (Å²) in [5.74, 6) is 0.0368. The number of nitrogens with two attached hydrogens (primary N) is 1. The molecule has 0 aromatic heterocycles. The van der Waals surface area contributed by atoms with E-state index in [9.17, 15) is 4.79 Å². The summed E-state index contributed by atoms with van der Waals surface area (Å²) in [5, 5.41) is 3.10. The van der Waals surface area contributed by atoms with Crippen LogP contribution in [0.5, 0.6) is 0 Å². The molecule has 3 rings (SSSR count). The predicted molar refractivity (Wildman–Crippen MR) is 83.0 cm³/mol. The summed E-state index contributed by atoms with van der Waals surface area (Å²) < 4.78 is 0. The molecular weight excluding hydrogens is 272 g/mol. The largest absolute Gasteiger partial charge is 0.354 e. The first-order valence-electron chi connectivity index (χ1n) is 7.27. The van der Waals surface area contributed by atoms with Crippen LogP contribution in [0.4, 0.5) is 0 Å². The predicted octanol–water partition coefficient (Wildman–Crippen LogP) is 2.53. The SMILES string of the molecule is Cl.NC1(C(=O)NCC2(c3ccccc3)CCCC2)CC1. The number of halogens is 1. The molecule has 2 aliphatic carbocycles. The Bertz CT molecular complexity index is 465. The van der Waals surface area contributed by atoms with Gasteiger partial charge in [-0.15, -0.1) is 12.4 Å². The fourth-order valence-corrected chi connectivity index (χ4v) is 3.20. The molecule has 1 aromatic carbocycles. The van der Waals surface area contributed by atoms with Gasteiger partial charge in [-0.2, -0.15) is 0 Å². The van der Waals surface area contributed by atoms with Crippen molar-refractivity contribution in [3.63, 3.8) is 0 Å². The first kappa shape index (κ1) is 15.3. The third-order valence-corrected chi connectivity index (χ3v) is 4.78. The van der Waals surface area contributed by atoms with Crippen molar-refractivity contribution in [1.82, 2.24) is 5.32 Å². The normalized spacial score (nSPS) is 21.9. The molecule has 2 saturated carbocycles. The number of nitrogens with one attached hydrogen (secondary N) is 1. The monoisotopic (exact) mass is 294 g/mol. The maximum absolute atomic E-state index is 12.0. The minimum atomic E-state index is -0.559. The van der Waals surface area contributed by atoms with E-state index in [0.29, 0.717) is 0 Å². The molecule has 0 atom stereocenters. The van der Waals surface area contributed by atoms with Crippen LogP contribution in [0.25, 0.3) is 0 Å².